The smallest absolute Gasteiger partial charge is 0.0356 e. The van der Waals surface area contributed by atoms with E-state index in [-0.39, 0.29) is 0 Å². The van der Waals surface area contributed by atoms with Crippen LogP contribution in [0.5, 0.6) is 0 Å². The van der Waals surface area contributed by atoms with E-state index in [1.807, 2.05) is 22.7 Å². The van der Waals surface area contributed by atoms with Crippen molar-refractivity contribution < 1.29 is 0 Å². The SMILES string of the molecule is CCCCCCCCCCCCc1cc2cc3sc(-c4ccccc4)cc3cc2s1. The van der Waals surface area contributed by atoms with Gasteiger partial charge < -0.3 is 0 Å². The first-order valence-electron chi connectivity index (χ1n) is 11.8. The Morgan fingerprint density at radius 3 is 1.90 bits per heavy atom. The Morgan fingerprint density at radius 1 is 0.600 bits per heavy atom. The summed E-state index contributed by atoms with van der Waals surface area (Å²) in [5.74, 6) is 0. The molecular weight excluding hydrogens is 400 g/mol. The first-order valence-corrected chi connectivity index (χ1v) is 13.5. The number of aryl methyl sites for hydroxylation is 1. The summed E-state index contributed by atoms with van der Waals surface area (Å²) in [7, 11) is 0. The van der Waals surface area contributed by atoms with Gasteiger partial charge in [-0.3, -0.25) is 0 Å². The number of benzene rings is 2. The molecule has 0 radical (unpaired) electrons. The van der Waals surface area contributed by atoms with E-state index in [0.29, 0.717) is 0 Å². The summed E-state index contributed by atoms with van der Waals surface area (Å²) < 4.78 is 2.85. The maximum Gasteiger partial charge on any atom is 0.0356 e. The molecule has 0 unspecified atom stereocenters. The van der Waals surface area contributed by atoms with E-state index in [2.05, 4.69) is 61.5 Å². The Labute approximate surface area is 190 Å². The first-order chi connectivity index (χ1) is 14.8. The van der Waals surface area contributed by atoms with E-state index in [9.17, 15) is 0 Å². The molecule has 0 aliphatic heterocycles. The lowest BCUT2D eigenvalue weighted by Gasteiger charge is -2.01. The molecule has 4 rings (SSSR count). The predicted octanol–water partition coefficient (Wildman–Crippen LogP) is 10.2. The van der Waals surface area contributed by atoms with Crippen molar-refractivity contribution in [2.75, 3.05) is 0 Å². The number of fused-ring (bicyclic) bond motifs is 2. The van der Waals surface area contributed by atoms with Gasteiger partial charge >= 0.3 is 0 Å². The van der Waals surface area contributed by atoms with E-state index in [4.69, 9.17) is 0 Å². The van der Waals surface area contributed by atoms with Crippen LogP contribution in [0.4, 0.5) is 0 Å². The molecule has 4 aromatic rings. The third-order valence-electron chi connectivity index (χ3n) is 6.04. The van der Waals surface area contributed by atoms with Gasteiger partial charge in [-0.25, -0.2) is 0 Å². The molecule has 2 heteroatoms. The van der Waals surface area contributed by atoms with Gasteiger partial charge in [0.1, 0.15) is 0 Å². The summed E-state index contributed by atoms with van der Waals surface area (Å²) >= 11 is 3.92. The highest BCUT2D eigenvalue weighted by atomic mass is 32.1. The molecule has 0 N–H and O–H groups in total. The van der Waals surface area contributed by atoms with Crippen molar-refractivity contribution in [1.29, 1.82) is 0 Å². The van der Waals surface area contributed by atoms with E-state index >= 15 is 0 Å². The van der Waals surface area contributed by atoms with Crippen molar-refractivity contribution in [3.63, 3.8) is 0 Å². The maximum atomic E-state index is 2.44. The van der Waals surface area contributed by atoms with E-state index in [1.54, 1.807) is 4.88 Å². The van der Waals surface area contributed by atoms with Crippen LogP contribution in [0.2, 0.25) is 0 Å². The molecule has 0 fully saturated rings. The molecule has 2 heterocycles. The third-order valence-corrected chi connectivity index (χ3v) is 8.35. The fraction of sp³-hybridized carbons (Fsp3) is 0.429. The van der Waals surface area contributed by atoms with Crippen molar-refractivity contribution in [2.24, 2.45) is 0 Å². The van der Waals surface area contributed by atoms with Crippen LogP contribution in [-0.4, -0.2) is 0 Å². The molecule has 30 heavy (non-hydrogen) atoms. The quantitative estimate of drug-likeness (QED) is 0.194. The van der Waals surface area contributed by atoms with Crippen LogP contribution in [0.1, 0.15) is 76.0 Å². The minimum atomic E-state index is 1.25. The Hall–Kier alpha value is -1.64. The monoisotopic (exact) mass is 434 g/mol. The number of unbranched alkanes of at least 4 members (excludes halogenated alkanes) is 9. The van der Waals surface area contributed by atoms with Crippen LogP contribution in [0, 0.1) is 0 Å². The van der Waals surface area contributed by atoms with Crippen molar-refractivity contribution in [3.8, 4) is 10.4 Å². The molecule has 158 valence electrons. The Balaban J connectivity index is 1.27. The van der Waals surface area contributed by atoms with Crippen LogP contribution in [0.15, 0.2) is 54.6 Å². The van der Waals surface area contributed by atoms with E-state index in [0.717, 1.165) is 0 Å². The second-order valence-corrected chi connectivity index (χ2v) is 10.8. The van der Waals surface area contributed by atoms with E-state index in [1.165, 1.54) is 101 Å². The maximum absolute atomic E-state index is 2.44. The molecular formula is C28H34S2. The minimum absolute atomic E-state index is 1.25. The minimum Gasteiger partial charge on any atom is -0.140 e. The molecule has 0 amide bonds. The lowest BCUT2D eigenvalue weighted by atomic mass is 10.1. The van der Waals surface area contributed by atoms with Crippen molar-refractivity contribution >= 4 is 42.8 Å². The average molecular weight is 435 g/mol. The largest absolute Gasteiger partial charge is 0.140 e. The zero-order valence-electron chi connectivity index (χ0n) is 18.3. The van der Waals surface area contributed by atoms with Crippen LogP contribution in [0.3, 0.4) is 0 Å². The second-order valence-electron chi connectivity index (χ2n) is 8.55. The highest BCUT2D eigenvalue weighted by molar-refractivity contribution is 7.23. The summed E-state index contributed by atoms with van der Waals surface area (Å²) in [6.07, 6.45) is 15.4. The fourth-order valence-electron chi connectivity index (χ4n) is 4.28. The van der Waals surface area contributed by atoms with Crippen molar-refractivity contribution in [1.82, 2.24) is 0 Å². The molecule has 2 aromatic heterocycles. The number of hydrogen-bond acceptors (Lipinski definition) is 2. The van der Waals surface area contributed by atoms with Gasteiger partial charge in [-0.05, 0) is 53.4 Å². The topological polar surface area (TPSA) is 0 Å². The molecule has 0 atom stereocenters. The molecule has 0 saturated carbocycles. The van der Waals surface area contributed by atoms with Crippen LogP contribution in [-0.2, 0) is 6.42 Å². The normalized spacial score (nSPS) is 11.6. The third kappa shape index (κ3) is 5.74. The van der Waals surface area contributed by atoms with Crippen molar-refractivity contribution in [3.05, 3.63) is 59.5 Å². The van der Waals surface area contributed by atoms with Crippen molar-refractivity contribution in [2.45, 2.75) is 77.6 Å². The Bertz CT molecular complexity index is 988. The number of hydrogen-bond donors (Lipinski definition) is 0. The fourth-order valence-corrected chi connectivity index (χ4v) is 6.52. The average Bonchev–Trinajstić information content (AvgIpc) is 3.36. The summed E-state index contributed by atoms with van der Waals surface area (Å²) in [5.41, 5.74) is 1.32. The zero-order valence-corrected chi connectivity index (χ0v) is 19.9. The molecule has 0 aliphatic rings. The van der Waals surface area contributed by atoms with Gasteiger partial charge in [-0.2, -0.15) is 0 Å². The van der Waals surface area contributed by atoms with E-state index < -0.39 is 0 Å². The highest BCUT2D eigenvalue weighted by Gasteiger charge is 2.08. The van der Waals surface area contributed by atoms with Gasteiger partial charge in [-0.1, -0.05) is 95.0 Å². The molecule has 0 saturated heterocycles. The number of rotatable bonds is 12. The first kappa shape index (κ1) is 21.6. The van der Waals surface area contributed by atoms with Gasteiger partial charge in [0.05, 0.1) is 0 Å². The summed E-state index contributed by atoms with van der Waals surface area (Å²) in [5, 5.41) is 2.81. The summed E-state index contributed by atoms with van der Waals surface area (Å²) in [6.45, 7) is 2.29. The predicted molar refractivity (Wildman–Crippen MR) is 138 cm³/mol. The summed E-state index contributed by atoms with van der Waals surface area (Å²) in [6, 6.07) is 20.3. The summed E-state index contributed by atoms with van der Waals surface area (Å²) in [4.78, 5) is 2.93. The Kier molecular flexibility index (Phi) is 8.00. The van der Waals surface area contributed by atoms with Gasteiger partial charge in [0.2, 0.25) is 0 Å². The zero-order chi connectivity index (χ0) is 20.6. The molecule has 2 aromatic carbocycles. The molecule has 0 spiro atoms. The number of thiophene rings is 2. The van der Waals surface area contributed by atoms with Crippen LogP contribution in [0.25, 0.3) is 30.6 Å². The van der Waals surface area contributed by atoms with Gasteiger partial charge in [0, 0.05) is 19.2 Å². The molecule has 0 bridgehead atoms. The highest BCUT2D eigenvalue weighted by Crippen LogP contribution is 2.38. The van der Waals surface area contributed by atoms with Crippen LogP contribution >= 0.6 is 22.7 Å². The lowest BCUT2D eigenvalue weighted by molar-refractivity contribution is 0.557. The second kappa shape index (κ2) is 11.1. The molecule has 0 nitrogen and oxygen atoms in total. The van der Waals surface area contributed by atoms with Gasteiger partial charge in [0.15, 0.2) is 0 Å². The lowest BCUT2D eigenvalue weighted by Crippen LogP contribution is -1.84. The standard InChI is InChI=1S/C28H34S2/c1-2-3-4-5-6-7-8-9-10-14-17-25-18-23-19-28-24(21-27(23)29-25)20-26(30-28)22-15-12-11-13-16-22/h11-13,15-16,18-21H,2-10,14,17H2,1H3. The van der Waals surface area contributed by atoms with Crippen LogP contribution < -0.4 is 0 Å². The molecule has 0 aliphatic carbocycles. The van der Waals surface area contributed by atoms with Gasteiger partial charge in [0.25, 0.3) is 0 Å². The Morgan fingerprint density at radius 2 is 1.20 bits per heavy atom. The van der Waals surface area contributed by atoms with Gasteiger partial charge in [-0.15, -0.1) is 22.7 Å².